The molecule has 0 amide bonds. The molecule has 29 heteroatoms. The van der Waals surface area contributed by atoms with Crippen LogP contribution in [0.3, 0.4) is 0 Å². The Labute approximate surface area is 433 Å². The van der Waals surface area contributed by atoms with Crippen LogP contribution in [0.1, 0.15) is 114 Å². The first-order valence-electron chi connectivity index (χ1n) is 21.6. The smallest absolute Gasteiger partial charge is 0.344 e. The molecule has 29 nitrogen and oxygen atoms in total. The van der Waals surface area contributed by atoms with Gasteiger partial charge in [-0.1, -0.05) is 0 Å². The molecule has 5 aromatic rings. The largest absolute Gasteiger partial charge is 0.504 e. The highest BCUT2D eigenvalue weighted by molar-refractivity contribution is 6.08. The van der Waals surface area contributed by atoms with Crippen molar-refractivity contribution in [3.8, 4) is 34.5 Å². The van der Waals surface area contributed by atoms with E-state index in [0.717, 1.165) is 30.3 Å². The molecule has 2 atom stereocenters. The van der Waals surface area contributed by atoms with Gasteiger partial charge in [0.15, 0.2) is 23.0 Å². The lowest BCUT2D eigenvalue weighted by Gasteiger charge is -2.19. The first-order chi connectivity index (χ1) is 36.8. The van der Waals surface area contributed by atoms with Crippen LogP contribution in [0.4, 0.5) is 0 Å². The average molecular weight is 1090 g/mol. The number of carboxylic acids is 6. The Morgan fingerprint density at radius 1 is 0.372 bits per heavy atom. The number of esters is 5. The van der Waals surface area contributed by atoms with Crippen LogP contribution in [-0.4, -0.2) is 174 Å². The van der Waals surface area contributed by atoms with E-state index in [1.54, 1.807) is 0 Å². The average Bonchev–Trinajstić information content (AvgIpc) is 3.41. The number of ether oxygens (including phenoxy) is 7. The second-order valence-corrected chi connectivity index (χ2v) is 15.5. The number of carbonyl (C=O) groups excluding carboxylic acids is 5. The van der Waals surface area contributed by atoms with E-state index in [4.69, 9.17) is 33.2 Å². The summed E-state index contributed by atoms with van der Waals surface area (Å²) in [5, 5.41) is 107. The molecule has 0 bridgehead atoms. The molecule has 0 fully saturated rings. The van der Waals surface area contributed by atoms with Gasteiger partial charge in [0, 0.05) is 0 Å². The molecule has 0 radical (unpaired) electrons. The fraction of sp³-hybridized carbons (Fsp3) is 0.163. The minimum atomic E-state index is -1.79. The van der Waals surface area contributed by atoms with Gasteiger partial charge in [-0.15, -0.1) is 0 Å². The number of carboxylic acid groups (broad SMARTS) is 6. The highest BCUT2D eigenvalue weighted by Gasteiger charge is 2.31. The summed E-state index contributed by atoms with van der Waals surface area (Å²) in [6.07, 6.45) is -3.32. The third kappa shape index (κ3) is 14.4. The minimum Gasteiger partial charge on any atom is -0.504 e. The van der Waals surface area contributed by atoms with Crippen LogP contribution in [0.15, 0.2) is 78.9 Å². The Balaban J connectivity index is 1.50. The topological polar surface area (TPSA) is 475 Å². The van der Waals surface area contributed by atoms with Crippen LogP contribution < -0.4 is 23.7 Å². The first kappa shape index (κ1) is 58.4. The number of aliphatic hydroxyl groups excluding tert-OH is 4. The Hall–Kier alpha value is -10.5. The van der Waals surface area contributed by atoms with E-state index in [1.165, 1.54) is 0 Å². The van der Waals surface area contributed by atoms with Crippen LogP contribution in [-0.2, 0) is 9.47 Å². The Morgan fingerprint density at radius 3 is 1.09 bits per heavy atom. The van der Waals surface area contributed by atoms with Gasteiger partial charge >= 0.3 is 65.7 Å². The monoisotopic (exact) mass is 1090 g/mol. The van der Waals surface area contributed by atoms with Crippen molar-refractivity contribution in [2.45, 2.75) is 12.2 Å². The SMILES string of the molecule is O=C(O)c1ccc(C(=O)O)c(C(=O)Oc2cc(C(=O)OCCOC(=O)c3cc(OCC(O)CO)c(OC(=O)c4cc(C(=O)O)ccc4C(=O)O)c(OC(=O)c4cc(C(=O)O)ccc4C(=O)O)c3)cc(O)c2OCC(O)CO)c1. The zero-order chi connectivity index (χ0) is 57.7. The maximum Gasteiger partial charge on any atom is 0.344 e. The molecule has 0 heterocycles. The van der Waals surface area contributed by atoms with Crippen LogP contribution in [0.2, 0.25) is 0 Å². The zero-order valence-electron chi connectivity index (χ0n) is 39.2. The number of aliphatic hydroxyl groups is 4. The molecule has 408 valence electrons. The predicted octanol–water partition coefficient (Wildman–Crippen LogP) is 1.72. The van der Waals surface area contributed by atoms with E-state index in [-0.39, 0.29) is 0 Å². The minimum absolute atomic E-state index is 0.555. The van der Waals surface area contributed by atoms with Crippen molar-refractivity contribution in [2.75, 3.05) is 39.6 Å². The standard InChI is InChI=1S/C49H38O29/c50-16-25(52)18-74-34-13-24(15-36(77-48(70)31-10-21(40(57)58)2-5-28(31)43(63)64)38(34)78-49(71)32-11-22(41(59)60)3-6-29(32)44(65)66)46(68)73-8-7-72-45(67)23-12-33(54)37(75-19-26(53)17-51)35(14-23)76-47(69)30-9-20(39(55)56)1-4-27(30)42(61)62/h1-6,9-15,25-26,50-54H,7-8,16-19H2,(H,55,56)(H,57,58)(H,59,60)(H,61,62)(H,63,64)(H,65,66). The van der Waals surface area contributed by atoms with Crippen molar-refractivity contribution in [2.24, 2.45) is 0 Å². The van der Waals surface area contributed by atoms with Crippen molar-refractivity contribution in [3.63, 3.8) is 0 Å². The second-order valence-electron chi connectivity index (χ2n) is 15.5. The normalized spacial score (nSPS) is 11.4. The molecule has 0 spiro atoms. The maximum atomic E-state index is 13.8. The quantitative estimate of drug-likeness (QED) is 0.0225. The second kappa shape index (κ2) is 25.6. The Kier molecular flexibility index (Phi) is 19.2. The number of rotatable bonds is 25. The van der Waals surface area contributed by atoms with E-state index in [2.05, 4.69) is 0 Å². The van der Waals surface area contributed by atoms with Crippen LogP contribution >= 0.6 is 0 Å². The van der Waals surface area contributed by atoms with Gasteiger partial charge in [0.05, 0.1) is 74.4 Å². The number of carbonyl (C=O) groups is 11. The summed E-state index contributed by atoms with van der Waals surface area (Å²) in [7, 11) is 0. The number of phenols is 1. The van der Waals surface area contributed by atoms with Crippen molar-refractivity contribution in [1.82, 2.24) is 0 Å². The first-order valence-corrected chi connectivity index (χ1v) is 21.6. The van der Waals surface area contributed by atoms with E-state index >= 15 is 0 Å². The molecule has 0 saturated carbocycles. The summed E-state index contributed by atoms with van der Waals surface area (Å²) in [6.45, 7) is -5.28. The lowest BCUT2D eigenvalue weighted by atomic mass is 10.0. The molecule has 78 heavy (non-hydrogen) atoms. The third-order valence-corrected chi connectivity index (χ3v) is 10.1. The fourth-order valence-electron chi connectivity index (χ4n) is 6.37. The van der Waals surface area contributed by atoms with Gasteiger partial charge in [0.1, 0.15) is 38.6 Å². The Morgan fingerprint density at radius 2 is 0.718 bits per heavy atom. The summed E-state index contributed by atoms with van der Waals surface area (Å²) >= 11 is 0. The molecule has 2 unspecified atom stereocenters. The van der Waals surface area contributed by atoms with E-state index in [9.17, 15) is 109 Å². The van der Waals surface area contributed by atoms with Crippen LogP contribution in [0.25, 0.3) is 0 Å². The predicted molar refractivity (Wildman–Crippen MR) is 248 cm³/mol. The highest BCUT2D eigenvalue weighted by atomic mass is 16.6. The molecular formula is C49H38O29. The number of aromatic carboxylic acids is 6. The van der Waals surface area contributed by atoms with E-state index in [1.807, 2.05) is 0 Å². The van der Waals surface area contributed by atoms with Gasteiger partial charge in [0.2, 0.25) is 11.5 Å². The van der Waals surface area contributed by atoms with Crippen molar-refractivity contribution >= 4 is 65.7 Å². The molecule has 0 aromatic heterocycles. The van der Waals surface area contributed by atoms with Gasteiger partial charge in [-0.2, -0.15) is 0 Å². The lowest BCUT2D eigenvalue weighted by molar-refractivity contribution is 0.0264. The Bertz CT molecular complexity index is 3260. The highest BCUT2D eigenvalue weighted by Crippen LogP contribution is 2.42. The van der Waals surface area contributed by atoms with Crippen LogP contribution in [0.5, 0.6) is 34.5 Å². The number of hydrogen-bond donors (Lipinski definition) is 11. The van der Waals surface area contributed by atoms with Crippen LogP contribution in [0, 0.1) is 0 Å². The van der Waals surface area contributed by atoms with Gasteiger partial charge < -0.3 is 89.3 Å². The lowest BCUT2D eigenvalue weighted by Crippen LogP contribution is -2.23. The molecule has 0 saturated heterocycles. The van der Waals surface area contributed by atoms with E-state index < -0.39 is 213 Å². The molecule has 0 aliphatic carbocycles. The summed E-state index contributed by atoms with van der Waals surface area (Å²) in [5.41, 5.74) is -8.36. The summed E-state index contributed by atoms with van der Waals surface area (Å²) in [6, 6.07) is 9.24. The van der Waals surface area contributed by atoms with Gasteiger partial charge in [-0.3, -0.25) is 0 Å². The zero-order valence-corrected chi connectivity index (χ0v) is 39.2. The van der Waals surface area contributed by atoms with Crippen molar-refractivity contribution in [3.05, 3.63) is 140 Å². The maximum absolute atomic E-state index is 13.8. The molecule has 0 aliphatic rings. The number of phenolic OH excluding ortho intramolecular Hbond substituents is 1. The molecule has 0 aliphatic heterocycles. The molecule has 5 rings (SSSR count). The van der Waals surface area contributed by atoms with Gasteiger partial charge in [-0.05, 0) is 78.9 Å². The number of benzene rings is 5. The number of hydrogen-bond acceptors (Lipinski definition) is 23. The van der Waals surface area contributed by atoms with Gasteiger partial charge in [-0.25, -0.2) is 52.7 Å². The molecule has 5 aromatic carbocycles. The summed E-state index contributed by atoms with van der Waals surface area (Å²) in [5.74, 6) is -23.5. The third-order valence-electron chi connectivity index (χ3n) is 10.1. The fourth-order valence-corrected chi connectivity index (χ4v) is 6.37. The van der Waals surface area contributed by atoms with Crippen molar-refractivity contribution in [1.29, 1.82) is 0 Å². The van der Waals surface area contributed by atoms with Crippen molar-refractivity contribution < 1.29 is 142 Å². The number of aromatic hydroxyl groups is 1. The molecule has 11 N–H and O–H groups in total. The summed E-state index contributed by atoms with van der Waals surface area (Å²) in [4.78, 5) is 139. The van der Waals surface area contributed by atoms with E-state index in [0.29, 0.717) is 48.5 Å². The summed E-state index contributed by atoms with van der Waals surface area (Å²) < 4.78 is 37.0. The molecular weight excluding hydrogens is 1050 g/mol. The van der Waals surface area contributed by atoms with Gasteiger partial charge in [0.25, 0.3) is 0 Å².